The van der Waals surface area contributed by atoms with Crippen molar-refractivity contribution in [3.05, 3.63) is 71.0 Å². The number of hydrogen-bond acceptors (Lipinski definition) is 8. The van der Waals surface area contributed by atoms with Crippen LogP contribution in [0.2, 0.25) is 0 Å². The summed E-state index contributed by atoms with van der Waals surface area (Å²) in [6, 6.07) is 6.26. The second kappa shape index (κ2) is 13.6. The molecule has 1 amide bonds. The van der Waals surface area contributed by atoms with Crippen LogP contribution in [-0.2, 0) is 22.5 Å². The summed E-state index contributed by atoms with van der Waals surface area (Å²) in [6.07, 6.45) is 10.5. The van der Waals surface area contributed by atoms with E-state index in [0.717, 1.165) is 60.4 Å². The molecule has 0 radical (unpaired) electrons. The molecule has 11 heteroatoms. The van der Waals surface area contributed by atoms with Crippen molar-refractivity contribution < 1.29 is 18.7 Å². The van der Waals surface area contributed by atoms with Crippen molar-refractivity contribution in [2.75, 3.05) is 62.4 Å². The number of halogens is 1. The van der Waals surface area contributed by atoms with Crippen LogP contribution in [0.4, 0.5) is 15.9 Å². The molecule has 4 heterocycles. The van der Waals surface area contributed by atoms with Crippen molar-refractivity contribution in [1.82, 2.24) is 19.9 Å². The van der Waals surface area contributed by atoms with Crippen molar-refractivity contribution in [2.24, 2.45) is 0 Å². The average Bonchev–Trinajstić information content (AvgIpc) is 3.87. The van der Waals surface area contributed by atoms with E-state index in [4.69, 9.17) is 26.0 Å². The van der Waals surface area contributed by atoms with Crippen LogP contribution in [0, 0.1) is 13.5 Å². The molecule has 44 heavy (non-hydrogen) atoms. The summed E-state index contributed by atoms with van der Waals surface area (Å²) in [5.41, 5.74) is 4.25. The summed E-state index contributed by atoms with van der Waals surface area (Å²) in [6.45, 7) is 12.9. The summed E-state index contributed by atoms with van der Waals surface area (Å²) in [7, 11) is 0. The lowest BCUT2D eigenvalue weighted by Crippen LogP contribution is -2.56. The molecule has 10 nitrogen and oxygen atoms in total. The van der Waals surface area contributed by atoms with Crippen LogP contribution in [0.3, 0.4) is 0 Å². The third kappa shape index (κ3) is 6.60. The highest BCUT2D eigenvalue weighted by Crippen LogP contribution is 2.35. The molecule has 2 aliphatic heterocycles. The average molecular weight is 600 g/mol. The van der Waals surface area contributed by atoms with E-state index < -0.39 is 6.67 Å². The Balaban J connectivity index is 1.28. The van der Waals surface area contributed by atoms with Crippen LogP contribution in [0.15, 0.2) is 42.7 Å². The van der Waals surface area contributed by atoms with Crippen molar-refractivity contribution in [3.63, 3.8) is 0 Å². The molecule has 0 spiro atoms. The molecule has 1 atom stereocenters. The van der Waals surface area contributed by atoms with Gasteiger partial charge in [-0.15, -0.1) is 0 Å². The summed E-state index contributed by atoms with van der Waals surface area (Å²) < 4.78 is 24.6. The quantitative estimate of drug-likeness (QED) is 0.183. The zero-order chi connectivity index (χ0) is 30.5. The first-order valence-corrected chi connectivity index (χ1v) is 15.4. The lowest BCUT2D eigenvalue weighted by molar-refractivity contribution is -0.128. The number of aryl methyl sites for hydroxylation is 1. The van der Waals surface area contributed by atoms with E-state index in [1.165, 1.54) is 23.1 Å². The van der Waals surface area contributed by atoms with Crippen LogP contribution < -0.4 is 14.5 Å². The van der Waals surface area contributed by atoms with Gasteiger partial charge in [-0.3, -0.25) is 9.78 Å². The number of anilines is 2. The number of aromatic nitrogens is 3. The number of ether oxygens (including phenoxy) is 2. The monoisotopic (exact) mass is 599 g/mol. The predicted octanol–water partition coefficient (Wildman–Crippen LogP) is 4.31. The van der Waals surface area contributed by atoms with E-state index >= 15 is 0 Å². The number of piperazine rings is 1. The number of carbonyl (C=O) groups excluding carboxylic acids is 1. The van der Waals surface area contributed by atoms with Crippen molar-refractivity contribution in [3.8, 4) is 6.01 Å². The Morgan fingerprint density at radius 2 is 2.05 bits per heavy atom. The lowest BCUT2D eigenvalue weighted by atomic mass is 10.0. The number of alkyl halides is 1. The standard InChI is InChI=1S/C33H38FN7O3/c1-23-6-3-7-24-18-36-20-29(31(23)24)39-13-11-27-28(22-39)37-33(44-17-5-16-43-26-9-10-26)38-32(27)40-14-15-41(25(21-40)19-35-2)30(42)8-4-12-34/h3-4,6-8,18,20,25-26H,5,9-17,19,21-22H2,1H3/b8-4+/t25-/m0/s1. The minimum Gasteiger partial charge on any atom is -0.463 e. The van der Waals surface area contributed by atoms with Gasteiger partial charge in [-0.2, -0.15) is 9.97 Å². The molecule has 0 bridgehead atoms. The first kappa shape index (κ1) is 29.8. The van der Waals surface area contributed by atoms with Crippen LogP contribution in [0.1, 0.15) is 36.1 Å². The highest BCUT2D eigenvalue weighted by molar-refractivity contribution is 5.96. The SMILES string of the molecule is [C-]#[N+]C[C@H]1CN(c2nc(OCCCOC3CC3)nc3c2CCN(c2cncc4cccc(C)c24)C3)CCN1C(=O)/C=C/CF. The van der Waals surface area contributed by atoms with Crippen molar-refractivity contribution >= 4 is 28.2 Å². The zero-order valence-electron chi connectivity index (χ0n) is 25.1. The van der Waals surface area contributed by atoms with Crippen LogP contribution in [-0.4, -0.2) is 90.5 Å². The molecule has 1 aliphatic carbocycles. The largest absolute Gasteiger partial charge is 0.463 e. The number of allylic oxidation sites excluding steroid dienone is 1. The Labute approximate surface area is 257 Å². The molecule has 3 aromatic rings. The molecule has 2 aromatic heterocycles. The third-order valence-electron chi connectivity index (χ3n) is 8.45. The van der Waals surface area contributed by atoms with Crippen LogP contribution in [0.5, 0.6) is 6.01 Å². The highest BCUT2D eigenvalue weighted by atomic mass is 19.1. The molecule has 0 N–H and O–H groups in total. The summed E-state index contributed by atoms with van der Waals surface area (Å²) >= 11 is 0. The molecule has 0 unspecified atom stereocenters. The number of nitrogens with zero attached hydrogens (tertiary/aromatic N) is 7. The summed E-state index contributed by atoms with van der Waals surface area (Å²) in [5.74, 6) is 0.528. The molecular weight excluding hydrogens is 561 g/mol. The highest BCUT2D eigenvalue weighted by Gasteiger charge is 2.35. The van der Waals surface area contributed by atoms with Gasteiger partial charge >= 0.3 is 6.01 Å². The summed E-state index contributed by atoms with van der Waals surface area (Å²) in [5, 5.41) is 2.30. The van der Waals surface area contributed by atoms with E-state index in [-0.39, 0.29) is 18.5 Å². The normalized spacial score (nSPS) is 18.5. The van der Waals surface area contributed by atoms with Gasteiger partial charge < -0.3 is 29.0 Å². The second-order valence-electron chi connectivity index (χ2n) is 11.6. The number of amides is 1. The van der Waals surface area contributed by atoms with E-state index in [1.54, 1.807) is 4.90 Å². The Morgan fingerprint density at radius 3 is 2.86 bits per heavy atom. The van der Waals surface area contributed by atoms with E-state index in [1.807, 2.05) is 12.4 Å². The minimum absolute atomic E-state index is 0.157. The van der Waals surface area contributed by atoms with Crippen molar-refractivity contribution in [2.45, 2.75) is 51.3 Å². The predicted molar refractivity (Wildman–Crippen MR) is 167 cm³/mol. The maximum absolute atomic E-state index is 12.8. The number of fused-ring (bicyclic) bond motifs is 2. The molecule has 1 saturated heterocycles. The first-order valence-electron chi connectivity index (χ1n) is 15.4. The number of hydrogen-bond donors (Lipinski definition) is 0. The van der Waals surface area contributed by atoms with Crippen molar-refractivity contribution in [1.29, 1.82) is 0 Å². The van der Waals surface area contributed by atoms with Crippen LogP contribution in [0.25, 0.3) is 15.6 Å². The van der Waals surface area contributed by atoms with Crippen LogP contribution >= 0.6 is 0 Å². The van der Waals surface area contributed by atoms with Gasteiger partial charge in [0.05, 0.1) is 43.4 Å². The number of pyridine rings is 1. The Morgan fingerprint density at radius 1 is 1.16 bits per heavy atom. The molecule has 1 aromatic carbocycles. The molecule has 3 aliphatic rings. The fourth-order valence-corrected chi connectivity index (χ4v) is 6.11. The van der Waals surface area contributed by atoms with Gasteiger partial charge in [0.1, 0.15) is 18.5 Å². The van der Waals surface area contributed by atoms with E-state index in [2.05, 4.69) is 44.8 Å². The number of benzene rings is 1. The van der Waals surface area contributed by atoms with Gasteiger partial charge in [0.15, 0.2) is 0 Å². The topological polar surface area (TPSA) is 88.3 Å². The molecular formula is C33H38FN7O3. The Hall–Kier alpha value is -4.30. The van der Waals surface area contributed by atoms with Gasteiger partial charge in [-0.1, -0.05) is 18.2 Å². The molecule has 230 valence electrons. The van der Waals surface area contributed by atoms with Gasteiger partial charge in [0, 0.05) is 61.2 Å². The van der Waals surface area contributed by atoms with Gasteiger partial charge in [0.2, 0.25) is 12.5 Å². The maximum atomic E-state index is 12.8. The molecule has 6 rings (SSSR count). The Kier molecular flexibility index (Phi) is 9.17. The maximum Gasteiger partial charge on any atom is 0.318 e. The zero-order valence-corrected chi connectivity index (χ0v) is 25.1. The first-order chi connectivity index (χ1) is 21.6. The molecule has 1 saturated carbocycles. The fourth-order valence-electron chi connectivity index (χ4n) is 6.11. The Bertz CT molecular complexity index is 1570. The third-order valence-corrected chi connectivity index (χ3v) is 8.45. The van der Waals surface area contributed by atoms with Gasteiger partial charge in [-0.25, -0.2) is 11.0 Å². The van der Waals surface area contributed by atoms with E-state index in [0.29, 0.717) is 51.5 Å². The smallest absolute Gasteiger partial charge is 0.318 e. The second-order valence-corrected chi connectivity index (χ2v) is 11.6. The number of rotatable bonds is 11. The lowest BCUT2D eigenvalue weighted by Gasteiger charge is -2.41. The van der Waals surface area contributed by atoms with E-state index in [9.17, 15) is 9.18 Å². The van der Waals surface area contributed by atoms with Gasteiger partial charge in [0.25, 0.3) is 0 Å². The van der Waals surface area contributed by atoms with Gasteiger partial charge in [-0.05, 0) is 37.8 Å². The minimum atomic E-state index is -0.701. The fraction of sp³-hybridized carbons (Fsp3) is 0.485. The molecule has 2 fully saturated rings. The summed E-state index contributed by atoms with van der Waals surface area (Å²) in [4.78, 5) is 36.9. The number of carbonyl (C=O) groups is 1.